The van der Waals surface area contributed by atoms with E-state index in [1.807, 2.05) is 36.6 Å². The first-order valence-corrected chi connectivity index (χ1v) is 13.8. The van der Waals surface area contributed by atoms with Crippen molar-refractivity contribution in [3.05, 3.63) is 63.8 Å². The van der Waals surface area contributed by atoms with E-state index in [0.717, 1.165) is 24.8 Å². The maximum Gasteiger partial charge on any atom is 0.347 e. The van der Waals surface area contributed by atoms with Crippen LogP contribution in [0.1, 0.15) is 44.1 Å². The van der Waals surface area contributed by atoms with Crippen molar-refractivity contribution in [2.24, 2.45) is 13.0 Å². The molecule has 0 saturated heterocycles. The van der Waals surface area contributed by atoms with Gasteiger partial charge in [0.15, 0.2) is 5.16 Å². The fraction of sp³-hybridized carbons (Fsp3) is 0.423. The zero-order chi connectivity index (χ0) is 25.5. The Bertz CT molecular complexity index is 1240. The summed E-state index contributed by atoms with van der Waals surface area (Å²) in [7, 11) is 1.65. The van der Waals surface area contributed by atoms with Crippen molar-refractivity contribution in [3.63, 3.8) is 0 Å². The van der Waals surface area contributed by atoms with Crippen molar-refractivity contribution in [1.82, 2.24) is 24.8 Å². The normalized spacial score (nSPS) is 14.9. The van der Waals surface area contributed by atoms with E-state index >= 15 is 0 Å². The molecule has 190 valence electrons. The minimum atomic E-state index is -0.434. The number of aryl methyl sites for hydroxylation is 1. The largest absolute Gasteiger partial charge is 0.358 e. The minimum Gasteiger partial charge on any atom is -0.358 e. The lowest BCUT2D eigenvalue weighted by molar-refractivity contribution is -0.122. The summed E-state index contributed by atoms with van der Waals surface area (Å²) in [6.07, 6.45) is 11.8. The third-order valence-electron chi connectivity index (χ3n) is 6.44. The van der Waals surface area contributed by atoms with Gasteiger partial charge < -0.3 is 15.2 Å². The molecule has 2 heterocycles. The molecule has 10 heteroatoms. The molecule has 1 aliphatic rings. The Balaban J connectivity index is 1.56. The number of amides is 1. The van der Waals surface area contributed by atoms with E-state index in [1.165, 1.54) is 41.8 Å². The SMILES string of the molecule is CSc1nc(NC(CC2CCCCC2)C(=O)NCc2ccc(Cl)cc2)cc(-c2cnc(=O)n(C)c2)n1. The second kappa shape index (κ2) is 12.4. The van der Waals surface area contributed by atoms with Gasteiger partial charge in [0, 0.05) is 42.6 Å². The van der Waals surface area contributed by atoms with E-state index in [1.54, 1.807) is 13.2 Å². The maximum absolute atomic E-state index is 13.4. The van der Waals surface area contributed by atoms with E-state index < -0.39 is 6.04 Å². The van der Waals surface area contributed by atoms with Gasteiger partial charge in [-0.25, -0.2) is 19.7 Å². The summed E-state index contributed by atoms with van der Waals surface area (Å²) in [5.41, 5.74) is 1.99. The molecule has 0 bridgehead atoms. The molecule has 1 unspecified atom stereocenters. The van der Waals surface area contributed by atoms with E-state index in [-0.39, 0.29) is 11.6 Å². The van der Waals surface area contributed by atoms with Crippen molar-refractivity contribution < 1.29 is 4.79 Å². The average molecular weight is 527 g/mol. The van der Waals surface area contributed by atoms with Crippen LogP contribution in [0.3, 0.4) is 0 Å². The molecule has 1 aromatic carbocycles. The van der Waals surface area contributed by atoms with Gasteiger partial charge in [-0.3, -0.25) is 4.79 Å². The Morgan fingerprint density at radius 1 is 1.19 bits per heavy atom. The van der Waals surface area contributed by atoms with Gasteiger partial charge >= 0.3 is 5.69 Å². The molecule has 1 aliphatic carbocycles. The minimum absolute atomic E-state index is 0.0647. The Hall–Kier alpha value is -2.91. The fourth-order valence-electron chi connectivity index (χ4n) is 4.46. The van der Waals surface area contributed by atoms with Gasteiger partial charge in [0.2, 0.25) is 5.91 Å². The molecule has 1 amide bonds. The second-order valence-corrected chi connectivity index (χ2v) is 10.4. The Labute approximate surface area is 220 Å². The van der Waals surface area contributed by atoms with Gasteiger partial charge in [-0.1, -0.05) is 67.6 Å². The predicted octanol–water partition coefficient (Wildman–Crippen LogP) is 4.68. The quantitative estimate of drug-likeness (QED) is 0.308. The number of rotatable bonds is 9. The molecule has 36 heavy (non-hydrogen) atoms. The smallest absolute Gasteiger partial charge is 0.347 e. The summed E-state index contributed by atoms with van der Waals surface area (Å²) in [6.45, 7) is 0.424. The maximum atomic E-state index is 13.4. The highest BCUT2D eigenvalue weighted by Crippen LogP contribution is 2.29. The van der Waals surface area contributed by atoms with Crippen molar-refractivity contribution in [1.29, 1.82) is 0 Å². The van der Waals surface area contributed by atoms with Crippen molar-refractivity contribution >= 4 is 35.1 Å². The lowest BCUT2D eigenvalue weighted by Crippen LogP contribution is -2.41. The zero-order valence-corrected chi connectivity index (χ0v) is 22.1. The number of benzene rings is 1. The third kappa shape index (κ3) is 7.07. The summed E-state index contributed by atoms with van der Waals surface area (Å²) in [5.74, 6) is 0.998. The highest BCUT2D eigenvalue weighted by atomic mass is 35.5. The highest BCUT2D eigenvalue weighted by Gasteiger charge is 2.25. The van der Waals surface area contributed by atoms with Gasteiger partial charge in [0.25, 0.3) is 0 Å². The van der Waals surface area contributed by atoms with Crippen LogP contribution >= 0.6 is 23.4 Å². The van der Waals surface area contributed by atoms with E-state index in [0.29, 0.717) is 39.7 Å². The van der Waals surface area contributed by atoms with Crippen LogP contribution in [0.15, 0.2) is 52.7 Å². The standard InChI is InChI=1S/C26H31ClN6O2S/c1-33-16-19(15-29-26(33)35)21-13-23(32-25(31-21)36-2)30-22(12-17-6-4-3-5-7-17)24(34)28-14-18-8-10-20(27)11-9-18/h8-11,13,15-17,22H,3-7,12,14H2,1-2H3,(H,28,34)(H,30,31,32). The zero-order valence-electron chi connectivity index (χ0n) is 20.5. The summed E-state index contributed by atoms with van der Waals surface area (Å²) >= 11 is 7.41. The molecule has 8 nitrogen and oxygen atoms in total. The monoisotopic (exact) mass is 526 g/mol. The van der Waals surface area contributed by atoms with Crippen LogP contribution in [-0.2, 0) is 18.4 Å². The van der Waals surface area contributed by atoms with E-state index in [2.05, 4.69) is 25.6 Å². The van der Waals surface area contributed by atoms with Crippen LogP contribution in [0, 0.1) is 5.92 Å². The average Bonchev–Trinajstić information content (AvgIpc) is 2.89. The lowest BCUT2D eigenvalue weighted by Gasteiger charge is -2.27. The molecule has 0 radical (unpaired) electrons. The molecule has 0 aliphatic heterocycles. The molecule has 1 saturated carbocycles. The van der Waals surface area contributed by atoms with Crippen LogP contribution in [0.2, 0.25) is 5.02 Å². The molecule has 3 aromatic rings. The number of carbonyl (C=O) groups is 1. The summed E-state index contributed by atoms with van der Waals surface area (Å²) in [6, 6.07) is 8.84. The van der Waals surface area contributed by atoms with Crippen LogP contribution in [-0.4, -0.2) is 37.7 Å². The number of hydrogen-bond acceptors (Lipinski definition) is 7. The van der Waals surface area contributed by atoms with Gasteiger partial charge in [-0.05, 0) is 36.3 Å². The molecule has 4 rings (SSSR count). The Morgan fingerprint density at radius 3 is 2.64 bits per heavy atom. The van der Waals surface area contributed by atoms with E-state index in [4.69, 9.17) is 11.6 Å². The summed E-state index contributed by atoms with van der Waals surface area (Å²) < 4.78 is 1.42. The van der Waals surface area contributed by atoms with Crippen molar-refractivity contribution in [2.75, 3.05) is 11.6 Å². The molecule has 1 fully saturated rings. The van der Waals surface area contributed by atoms with Crippen molar-refractivity contribution in [3.8, 4) is 11.3 Å². The number of aromatic nitrogens is 4. The van der Waals surface area contributed by atoms with Crippen LogP contribution in [0.5, 0.6) is 0 Å². The lowest BCUT2D eigenvalue weighted by atomic mass is 9.84. The fourth-order valence-corrected chi connectivity index (χ4v) is 4.97. The molecule has 0 spiro atoms. The molecular formula is C26H31ClN6O2S. The van der Waals surface area contributed by atoms with Gasteiger partial charge in [0.05, 0.1) is 5.69 Å². The first-order chi connectivity index (χ1) is 17.4. The number of anilines is 1. The van der Waals surface area contributed by atoms with Crippen LogP contribution in [0.4, 0.5) is 5.82 Å². The molecule has 2 aromatic heterocycles. The summed E-state index contributed by atoms with van der Waals surface area (Å²) in [4.78, 5) is 38.2. The number of hydrogen-bond donors (Lipinski definition) is 2. The molecule has 2 N–H and O–H groups in total. The first-order valence-electron chi connectivity index (χ1n) is 12.2. The van der Waals surface area contributed by atoms with E-state index in [9.17, 15) is 9.59 Å². The predicted molar refractivity (Wildman–Crippen MR) is 144 cm³/mol. The molecule has 1 atom stereocenters. The topological polar surface area (TPSA) is 102 Å². The summed E-state index contributed by atoms with van der Waals surface area (Å²) in [5, 5.41) is 7.71. The molecular weight excluding hydrogens is 496 g/mol. The number of halogens is 1. The second-order valence-electron chi connectivity index (χ2n) is 9.14. The van der Waals surface area contributed by atoms with Crippen molar-refractivity contribution in [2.45, 2.75) is 56.3 Å². The highest BCUT2D eigenvalue weighted by molar-refractivity contribution is 7.98. The number of nitrogens with one attached hydrogen (secondary N) is 2. The number of nitrogens with zero attached hydrogens (tertiary/aromatic N) is 4. The van der Waals surface area contributed by atoms with Crippen LogP contribution < -0.4 is 16.3 Å². The Kier molecular flexibility index (Phi) is 8.98. The van der Waals surface area contributed by atoms with Gasteiger partial charge in [-0.2, -0.15) is 0 Å². The van der Waals surface area contributed by atoms with Crippen LogP contribution in [0.25, 0.3) is 11.3 Å². The Morgan fingerprint density at radius 2 is 1.94 bits per heavy atom. The number of carbonyl (C=O) groups excluding carboxylic acids is 1. The van der Waals surface area contributed by atoms with Gasteiger partial charge in [-0.15, -0.1) is 0 Å². The van der Waals surface area contributed by atoms with Gasteiger partial charge in [0.1, 0.15) is 11.9 Å². The first kappa shape index (κ1) is 26.2. The number of thioether (sulfide) groups is 1. The third-order valence-corrected chi connectivity index (χ3v) is 7.24.